The van der Waals surface area contributed by atoms with Crippen LogP contribution in [0.4, 0.5) is 10.1 Å². The lowest BCUT2D eigenvalue weighted by molar-refractivity contribution is -0.387. The van der Waals surface area contributed by atoms with Crippen LogP contribution in [0.1, 0.15) is 12.5 Å². The average molecular weight is 320 g/mol. The van der Waals surface area contributed by atoms with E-state index in [0.29, 0.717) is 0 Å². The van der Waals surface area contributed by atoms with E-state index in [-0.39, 0.29) is 30.2 Å². The molecule has 1 rings (SSSR count). The van der Waals surface area contributed by atoms with Gasteiger partial charge in [-0.2, -0.15) is 8.70 Å². The molecule has 0 fully saturated rings. The molecule has 0 aliphatic rings. The van der Waals surface area contributed by atoms with E-state index in [1.165, 1.54) is 14.0 Å². The van der Waals surface area contributed by atoms with E-state index in [0.717, 1.165) is 16.4 Å². The fraction of sp³-hybridized carbons (Fsp3) is 0.500. The van der Waals surface area contributed by atoms with Crippen molar-refractivity contribution in [1.82, 2.24) is 4.31 Å². The molecule has 21 heavy (non-hydrogen) atoms. The van der Waals surface area contributed by atoms with Crippen LogP contribution in [-0.4, -0.2) is 44.5 Å². The number of methoxy groups -OCH3 is 1. The van der Waals surface area contributed by atoms with Crippen molar-refractivity contribution >= 4 is 15.7 Å². The van der Waals surface area contributed by atoms with E-state index >= 15 is 0 Å². The summed E-state index contributed by atoms with van der Waals surface area (Å²) >= 11 is 0. The first-order valence-electron chi connectivity index (χ1n) is 6.19. The number of rotatable bonds is 7. The molecule has 118 valence electrons. The van der Waals surface area contributed by atoms with Crippen LogP contribution in [0.3, 0.4) is 0 Å². The molecule has 0 amide bonds. The summed E-state index contributed by atoms with van der Waals surface area (Å²) in [5, 5.41) is 10.8. The van der Waals surface area contributed by atoms with Gasteiger partial charge >= 0.3 is 5.69 Å². The van der Waals surface area contributed by atoms with Crippen molar-refractivity contribution in [3.63, 3.8) is 0 Å². The van der Waals surface area contributed by atoms with Crippen molar-refractivity contribution in [2.75, 3.05) is 26.8 Å². The van der Waals surface area contributed by atoms with Gasteiger partial charge in [0.25, 0.3) is 0 Å². The van der Waals surface area contributed by atoms with Crippen LogP contribution in [0.15, 0.2) is 17.0 Å². The van der Waals surface area contributed by atoms with Crippen LogP contribution in [-0.2, 0) is 14.8 Å². The van der Waals surface area contributed by atoms with Gasteiger partial charge in [0.05, 0.1) is 16.4 Å². The Morgan fingerprint density at radius 1 is 1.43 bits per heavy atom. The number of ether oxygens (including phenoxy) is 1. The Hall–Kier alpha value is -1.58. The Balaban J connectivity index is 3.36. The summed E-state index contributed by atoms with van der Waals surface area (Å²) in [6, 6.07) is 1.62. The lowest BCUT2D eigenvalue weighted by Crippen LogP contribution is -2.34. The van der Waals surface area contributed by atoms with Gasteiger partial charge in [-0.05, 0) is 18.6 Å². The summed E-state index contributed by atoms with van der Waals surface area (Å²) < 4.78 is 44.5. The molecule has 0 heterocycles. The van der Waals surface area contributed by atoms with E-state index in [9.17, 15) is 22.9 Å². The van der Waals surface area contributed by atoms with Gasteiger partial charge < -0.3 is 4.74 Å². The second-order valence-electron chi connectivity index (χ2n) is 4.32. The molecule has 9 heteroatoms. The third-order valence-corrected chi connectivity index (χ3v) is 5.07. The SMILES string of the molecule is CCN(CCOC)S(=O)(=O)c1cc([N+](=O)[O-])c(F)cc1C. The first-order valence-corrected chi connectivity index (χ1v) is 7.63. The number of aryl methyl sites for hydroxylation is 1. The highest BCUT2D eigenvalue weighted by Crippen LogP contribution is 2.27. The Labute approximate surface area is 122 Å². The maximum atomic E-state index is 13.5. The highest BCUT2D eigenvalue weighted by molar-refractivity contribution is 7.89. The summed E-state index contributed by atoms with van der Waals surface area (Å²) in [4.78, 5) is 9.55. The second-order valence-corrected chi connectivity index (χ2v) is 6.22. The molecular formula is C12H17FN2O5S. The van der Waals surface area contributed by atoms with Crippen LogP contribution >= 0.6 is 0 Å². The van der Waals surface area contributed by atoms with E-state index in [1.54, 1.807) is 6.92 Å². The zero-order valence-corrected chi connectivity index (χ0v) is 12.8. The quantitative estimate of drug-likeness (QED) is 0.563. The van der Waals surface area contributed by atoms with E-state index in [1.807, 2.05) is 0 Å². The summed E-state index contributed by atoms with van der Waals surface area (Å²) in [6.45, 7) is 3.51. The highest BCUT2D eigenvalue weighted by Gasteiger charge is 2.28. The Bertz CT molecular complexity index is 633. The van der Waals surface area contributed by atoms with Crippen molar-refractivity contribution in [3.8, 4) is 0 Å². The molecule has 0 aliphatic carbocycles. The van der Waals surface area contributed by atoms with Crippen molar-refractivity contribution in [2.24, 2.45) is 0 Å². The normalized spacial score (nSPS) is 11.9. The van der Waals surface area contributed by atoms with Crippen LogP contribution < -0.4 is 0 Å². The fourth-order valence-corrected chi connectivity index (χ4v) is 3.50. The molecule has 0 N–H and O–H groups in total. The summed E-state index contributed by atoms with van der Waals surface area (Å²) in [6.07, 6.45) is 0. The Kier molecular flexibility index (Phi) is 5.76. The minimum atomic E-state index is -3.94. The number of nitro groups is 1. The number of benzene rings is 1. The predicted octanol–water partition coefficient (Wildman–Crippen LogP) is 1.70. The Morgan fingerprint density at radius 2 is 2.05 bits per heavy atom. The van der Waals surface area contributed by atoms with Crippen molar-refractivity contribution in [3.05, 3.63) is 33.6 Å². The molecule has 0 saturated carbocycles. The summed E-state index contributed by atoms with van der Waals surface area (Å²) in [5.41, 5.74) is -0.740. The molecule has 0 aromatic heterocycles. The first-order chi connectivity index (χ1) is 9.75. The largest absolute Gasteiger partial charge is 0.383 e. The summed E-state index contributed by atoms with van der Waals surface area (Å²) in [5.74, 6) is -1.06. The molecule has 0 bridgehead atoms. The van der Waals surface area contributed by atoms with E-state index in [4.69, 9.17) is 4.74 Å². The molecule has 0 spiro atoms. The van der Waals surface area contributed by atoms with Gasteiger partial charge in [0.15, 0.2) is 0 Å². The van der Waals surface area contributed by atoms with Gasteiger partial charge in [0.1, 0.15) is 0 Å². The first kappa shape index (κ1) is 17.5. The maximum absolute atomic E-state index is 13.5. The minimum absolute atomic E-state index is 0.111. The predicted molar refractivity (Wildman–Crippen MR) is 74.1 cm³/mol. The van der Waals surface area contributed by atoms with Crippen LogP contribution in [0.5, 0.6) is 0 Å². The molecule has 1 aromatic carbocycles. The average Bonchev–Trinajstić information content (AvgIpc) is 2.38. The zero-order chi connectivity index (χ0) is 16.2. The molecule has 0 radical (unpaired) electrons. The molecule has 0 saturated heterocycles. The minimum Gasteiger partial charge on any atom is -0.383 e. The van der Waals surface area contributed by atoms with Gasteiger partial charge in [-0.25, -0.2) is 8.42 Å². The number of nitrogens with zero attached hydrogens (tertiary/aromatic N) is 2. The number of hydrogen-bond acceptors (Lipinski definition) is 5. The number of hydrogen-bond donors (Lipinski definition) is 0. The lowest BCUT2D eigenvalue weighted by atomic mass is 10.2. The highest BCUT2D eigenvalue weighted by atomic mass is 32.2. The summed E-state index contributed by atoms with van der Waals surface area (Å²) in [7, 11) is -2.51. The number of nitro benzene ring substituents is 1. The van der Waals surface area contributed by atoms with Gasteiger partial charge in [0.2, 0.25) is 15.8 Å². The number of halogens is 1. The number of sulfonamides is 1. The van der Waals surface area contributed by atoms with E-state index < -0.39 is 26.5 Å². The molecule has 7 nitrogen and oxygen atoms in total. The number of likely N-dealkylation sites (N-methyl/N-ethyl adjacent to an activating group) is 1. The van der Waals surface area contributed by atoms with Crippen molar-refractivity contribution < 1.29 is 22.5 Å². The zero-order valence-electron chi connectivity index (χ0n) is 12.0. The third-order valence-electron chi connectivity index (χ3n) is 2.96. The standard InChI is InChI=1S/C12H17FN2O5S/c1-4-14(5-6-20-3)21(18,19)12-8-11(15(16)17)10(13)7-9(12)2/h7-8H,4-6H2,1-3H3. The van der Waals surface area contributed by atoms with E-state index in [2.05, 4.69) is 0 Å². The van der Waals surface area contributed by atoms with Gasteiger partial charge in [-0.3, -0.25) is 10.1 Å². The molecule has 1 aromatic rings. The third kappa shape index (κ3) is 3.74. The molecular weight excluding hydrogens is 303 g/mol. The van der Waals surface area contributed by atoms with Crippen molar-refractivity contribution in [1.29, 1.82) is 0 Å². The maximum Gasteiger partial charge on any atom is 0.306 e. The van der Waals surface area contributed by atoms with Gasteiger partial charge in [-0.15, -0.1) is 0 Å². The smallest absolute Gasteiger partial charge is 0.306 e. The van der Waals surface area contributed by atoms with Crippen LogP contribution in [0.25, 0.3) is 0 Å². The second kappa shape index (κ2) is 6.92. The van der Waals surface area contributed by atoms with Crippen LogP contribution in [0.2, 0.25) is 0 Å². The topological polar surface area (TPSA) is 89.8 Å². The molecule has 0 unspecified atom stereocenters. The van der Waals surface area contributed by atoms with Gasteiger partial charge in [-0.1, -0.05) is 6.92 Å². The lowest BCUT2D eigenvalue weighted by Gasteiger charge is -2.21. The molecule has 0 atom stereocenters. The Morgan fingerprint density at radius 3 is 2.52 bits per heavy atom. The van der Waals surface area contributed by atoms with Crippen LogP contribution in [0, 0.1) is 22.9 Å². The van der Waals surface area contributed by atoms with Gasteiger partial charge in [0, 0.05) is 26.3 Å². The fourth-order valence-electron chi connectivity index (χ4n) is 1.84. The molecule has 0 aliphatic heterocycles. The van der Waals surface area contributed by atoms with Crippen molar-refractivity contribution in [2.45, 2.75) is 18.7 Å². The monoisotopic (exact) mass is 320 g/mol.